The van der Waals surface area contributed by atoms with E-state index in [0.717, 1.165) is 37.5 Å². The van der Waals surface area contributed by atoms with Crippen molar-refractivity contribution in [3.63, 3.8) is 0 Å². The molecule has 3 rings (SSSR count). The number of anilines is 1. The lowest BCUT2D eigenvalue weighted by molar-refractivity contribution is -0.914. The smallest absolute Gasteiger partial charge is 0.278 e. The third-order valence-corrected chi connectivity index (χ3v) is 5.76. The van der Waals surface area contributed by atoms with Crippen LogP contribution in [0.15, 0.2) is 42.5 Å². The molecule has 2 aromatic rings. The number of methoxy groups -OCH3 is 3. The molecule has 7 heteroatoms. The monoisotopic (exact) mass is 414 g/mol. The van der Waals surface area contributed by atoms with Gasteiger partial charge in [-0.3, -0.25) is 4.79 Å². The SMILES string of the molecule is COc1ccc(N2CC[NH+]([C@H](C)C(=O)NCc3ccc(OC)c(OC)c3)CC2)cc1. The number of carbonyl (C=O) groups is 1. The van der Waals surface area contributed by atoms with Crippen LogP contribution < -0.4 is 29.3 Å². The van der Waals surface area contributed by atoms with E-state index < -0.39 is 0 Å². The lowest BCUT2D eigenvalue weighted by atomic mass is 10.1. The van der Waals surface area contributed by atoms with Crippen LogP contribution in [0.25, 0.3) is 0 Å². The molecule has 0 aliphatic carbocycles. The molecule has 0 radical (unpaired) electrons. The van der Waals surface area contributed by atoms with Gasteiger partial charge in [0.15, 0.2) is 17.5 Å². The molecule has 162 valence electrons. The van der Waals surface area contributed by atoms with E-state index in [4.69, 9.17) is 14.2 Å². The third kappa shape index (κ3) is 5.16. The van der Waals surface area contributed by atoms with E-state index in [-0.39, 0.29) is 11.9 Å². The molecule has 30 heavy (non-hydrogen) atoms. The number of rotatable bonds is 8. The van der Waals surface area contributed by atoms with Crippen molar-refractivity contribution in [1.82, 2.24) is 5.32 Å². The van der Waals surface area contributed by atoms with Gasteiger partial charge in [0.25, 0.3) is 5.91 Å². The zero-order valence-electron chi connectivity index (χ0n) is 18.2. The van der Waals surface area contributed by atoms with Gasteiger partial charge in [-0.25, -0.2) is 0 Å². The van der Waals surface area contributed by atoms with Gasteiger partial charge in [0.2, 0.25) is 0 Å². The second-order valence-electron chi connectivity index (χ2n) is 7.47. The predicted octanol–water partition coefficient (Wildman–Crippen LogP) is 1.12. The molecule has 1 amide bonds. The van der Waals surface area contributed by atoms with E-state index in [9.17, 15) is 4.79 Å². The molecule has 1 aliphatic heterocycles. The molecule has 2 N–H and O–H groups in total. The first-order valence-electron chi connectivity index (χ1n) is 10.3. The fraction of sp³-hybridized carbons (Fsp3) is 0.435. The summed E-state index contributed by atoms with van der Waals surface area (Å²) in [5, 5.41) is 3.06. The van der Waals surface area contributed by atoms with Gasteiger partial charge >= 0.3 is 0 Å². The average molecular weight is 415 g/mol. The standard InChI is InChI=1S/C23H31N3O4/c1-17(23(27)24-16-18-5-10-21(29-3)22(15-18)30-4)25-11-13-26(14-12-25)19-6-8-20(28-2)9-7-19/h5-10,15,17H,11-14,16H2,1-4H3,(H,24,27)/p+1/t17-/m1/s1. The first-order chi connectivity index (χ1) is 14.5. The summed E-state index contributed by atoms with van der Waals surface area (Å²) in [5.41, 5.74) is 2.17. The number of nitrogens with zero attached hydrogens (tertiary/aromatic N) is 1. The summed E-state index contributed by atoms with van der Waals surface area (Å²) in [6, 6.07) is 13.7. The minimum Gasteiger partial charge on any atom is -0.497 e. The van der Waals surface area contributed by atoms with Gasteiger partial charge in [-0.1, -0.05) is 6.07 Å². The van der Waals surface area contributed by atoms with Crippen molar-refractivity contribution in [3.05, 3.63) is 48.0 Å². The fourth-order valence-corrected chi connectivity index (χ4v) is 3.80. The van der Waals surface area contributed by atoms with E-state index in [1.807, 2.05) is 37.3 Å². The summed E-state index contributed by atoms with van der Waals surface area (Å²) >= 11 is 0. The van der Waals surface area contributed by atoms with Crippen LogP contribution in [0, 0.1) is 0 Å². The third-order valence-electron chi connectivity index (χ3n) is 5.76. The summed E-state index contributed by atoms with van der Waals surface area (Å²) in [7, 11) is 4.89. The molecule has 0 saturated carbocycles. The van der Waals surface area contributed by atoms with Crippen molar-refractivity contribution in [2.45, 2.75) is 19.5 Å². The van der Waals surface area contributed by atoms with Crippen LogP contribution in [0.3, 0.4) is 0 Å². The lowest BCUT2D eigenvalue weighted by Gasteiger charge is -2.36. The van der Waals surface area contributed by atoms with Crippen molar-refractivity contribution in [1.29, 1.82) is 0 Å². The Labute approximate surface area is 178 Å². The Balaban J connectivity index is 1.49. The molecule has 1 atom stereocenters. The first kappa shape index (κ1) is 21.8. The number of hydrogen-bond acceptors (Lipinski definition) is 5. The van der Waals surface area contributed by atoms with Crippen molar-refractivity contribution < 1.29 is 23.9 Å². The van der Waals surface area contributed by atoms with Crippen molar-refractivity contribution in [2.75, 3.05) is 52.4 Å². The number of amides is 1. The highest BCUT2D eigenvalue weighted by Crippen LogP contribution is 2.27. The van der Waals surface area contributed by atoms with E-state index >= 15 is 0 Å². The fourth-order valence-electron chi connectivity index (χ4n) is 3.80. The van der Waals surface area contributed by atoms with Gasteiger partial charge in [0, 0.05) is 12.2 Å². The Morgan fingerprint density at radius 2 is 1.67 bits per heavy atom. The van der Waals surface area contributed by atoms with Crippen molar-refractivity contribution in [2.24, 2.45) is 0 Å². The Hall–Kier alpha value is -2.93. The minimum atomic E-state index is -0.0943. The van der Waals surface area contributed by atoms with Crippen molar-refractivity contribution >= 4 is 11.6 Å². The van der Waals surface area contributed by atoms with Crippen LogP contribution in [-0.2, 0) is 11.3 Å². The molecule has 1 heterocycles. The zero-order chi connectivity index (χ0) is 21.5. The average Bonchev–Trinajstić information content (AvgIpc) is 2.82. The minimum absolute atomic E-state index is 0.0673. The second-order valence-corrected chi connectivity index (χ2v) is 7.47. The van der Waals surface area contributed by atoms with Gasteiger partial charge in [0.1, 0.15) is 5.75 Å². The molecule has 2 aromatic carbocycles. The second kappa shape index (κ2) is 10.2. The maximum absolute atomic E-state index is 12.7. The van der Waals surface area contributed by atoms with Gasteiger partial charge in [0.05, 0.1) is 47.5 Å². The summed E-state index contributed by atoms with van der Waals surface area (Å²) in [6.45, 7) is 6.18. The Morgan fingerprint density at radius 1 is 1.00 bits per heavy atom. The van der Waals surface area contributed by atoms with Gasteiger partial charge in [-0.15, -0.1) is 0 Å². The van der Waals surface area contributed by atoms with E-state index in [1.54, 1.807) is 21.3 Å². The van der Waals surface area contributed by atoms with Crippen LogP contribution in [0.4, 0.5) is 5.69 Å². The summed E-state index contributed by atoms with van der Waals surface area (Å²) in [6.07, 6.45) is 0. The summed E-state index contributed by atoms with van der Waals surface area (Å²) in [4.78, 5) is 16.4. The molecule has 0 unspecified atom stereocenters. The van der Waals surface area contributed by atoms with Crippen LogP contribution in [-0.4, -0.2) is 59.5 Å². The number of piperazine rings is 1. The van der Waals surface area contributed by atoms with Crippen LogP contribution in [0.5, 0.6) is 17.2 Å². The zero-order valence-corrected chi connectivity index (χ0v) is 18.2. The Morgan fingerprint density at radius 3 is 2.27 bits per heavy atom. The highest BCUT2D eigenvalue weighted by Gasteiger charge is 2.29. The molecule has 7 nitrogen and oxygen atoms in total. The summed E-state index contributed by atoms with van der Waals surface area (Å²) in [5.74, 6) is 2.28. The van der Waals surface area contributed by atoms with Gasteiger partial charge in [-0.05, 0) is 48.9 Å². The molecule has 0 bridgehead atoms. The number of carbonyl (C=O) groups excluding carboxylic acids is 1. The Kier molecular flexibility index (Phi) is 7.41. The molecule has 0 aromatic heterocycles. The number of hydrogen-bond donors (Lipinski definition) is 2. The first-order valence-corrected chi connectivity index (χ1v) is 10.3. The van der Waals surface area contributed by atoms with Crippen LogP contribution in [0.1, 0.15) is 12.5 Å². The Bertz CT molecular complexity index is 833. The largest absolute Gasteiger partial charge is 0.497 e. The maximum Gasteiger partial charge on any atom is 0.278 e. The van der Waals surface area contributed by atoms with Gasteiger partial charge < -0.3 is 29.3 Å². The van der Waals surface area contributed by atoms with Crippen LogP contribution >= 0.6 is 0 Å². The van der Waals surface area contributed by atoms with Crippen molar-refractivity contribution in [3.8, 4) is 17.2 Å². The van der Waals surface area contributed by atoms with Gasteiger partial charge in [-0.2, -0.15) is 0 Å². The number of quaternary nitrogens is 1. The lowest BCUT2D eigenvalue weighted by Crippen LogP contribution is -3.19. The molecular formula is C23H32N3O4+. The normalized spacial score (nSPS) is 15.4. The quantitative estimate of drug-likeness (QED) is 0.678. The molecule has 0 spiro atoms. The number of nitrogens with one attached hydrogen (secondary N) is 2. The molecule has 1 saturated heterocycles. The predicted molar refractivity (Wildman–Crippen MR) is 117 cm³/mol. The highest BCUT2D eigenvalue weighted by molar-refractivity contribution is 5.79. The molecular weight excluding hydrogens is 382 g/mol. The van der Waals surface area contributed by atoms with E-state index in [0.29, 0.717) is 18.0 Å². The maximum atomic E-state index is 12.7. The number of ether oxygens (including phenoxy) is 3. The summed E-state index contributed by atoms with van der Waals surface area (Å²) < 4.78 is 15.8. The highest BCUT2D eigenvalue weighted by atomic mass is 16.5. The number of benzene rings is 2. The molecule has 1 aliphatic rings. The topological polar surface area (TPSA) is 64.5 Å². The van der Waals surface area contributed by atoms with E-state index in [2.05, 4.69) is 22.3 Å². The van der Waals surface area contributed by atoms with E-state index in [1.165, 1.54) is 10.6 Å². The van der Waals surface area contributed by atoms with Crippen LogP contribution in [0.2, 0.25) is 0 Å². The molecule has 1 fully saturated rings.